The quantitative estimate of drug-likeness (QED) is 0.414. The molecule has 0 saturated carbocycles. The Labute approximate surface area is 170 Å². The molecule has 3 aromatic carbocycles. The van der Waals surface area contributed by atoms with Gasteiger partial charge in [-0.2, -0.15) is 0 Å². The van der Waals surface area contributed by atoms with Gasteiger partial charge in [-0.15, -0.1) is 0 Å². The van der Waals surface area contributed by atoms with Gasteiger partial charge in [-0.1, -0.05) is 66.7 Å². The lowest BCUT2D eigenvalue weighted by atomic mass is 10.2. The molecule has 3 rings (SSSR count). The highest BCUT2D eigenvalue weighted by molar-refractivity contribution is 7.62. The van der Waals surface area contributed by atoms with Crippen LogP contribution in [-0.2, 0) is 20.4 Å². The summed E-state index contributed by atoms with van der Waals surface area (Å²) in [5.41, 5.74) is 0.892. The molecule has 6 nitrogen and oxygen atoms in total. The second-order valence-electron chi connectivity index (χ2n) is 6.06. The molecule has 1 atom stereocenters. The number of benzene rings is 3. The second kappa shape index (κ2) is 10.5. The number of carbonyl (C=O) groups is 1. The predicted octanol–water partition coefficient (Wildman–Crippen LogP) is 4.53. The summed E-state index contributed by atoms with van der Waals surface area (Å²) in [6.45, 7) is 0.301. The normalized spacial score (nSPS) is 12.6. The molecule has 1 N–H and O–H groups in total. The summed E-state index contributed by atoms with van der Waals surface area (Å²) in [6, 6.07) is 26.9. The number of alkyl carbamates (subject to hydrolysis) is 1. The molecule has 0 aliphatic carbocycles. The lowest BCUT2D eigenvalue weighted by Gasteiger charge is -2.19. The molecule has 7 heteroatoms. The highest BCUT2D eigenvalue weighted by Gasteiger charge is 2.29. The standard InChI is InChI=1S/C22H22NO5P/c24-22(26-18-19-10-4-1-5-11-19)23-16-17-27-29(25,21-14-8-3-9-15-21)28-20-12-6-2-7-13-20/h1-15H,16-18H2,(H,23,24). The van der Waals surface area contributed by atoms with E-state index in [4.69, 9.17) is 13.8 Å². The topological polar surface area (TPSA) is 73.9 Å². The van der Waals surface area contributed by atoms with Crippen molar-refractivity contribution in [1.29, 1.82) is 0 Å². The predicted molar refractivity (Wildman–Crippen MR) is 111 cm³/mol. The number of nitrogens with one attached hydrogen (secondary N) is 1. The van der Waals surface area contributed by atoms with Gasteiger partial charge in [0.2, 0.25) is 0 Å². The summed E-state index contributed by atoms with van der Waals surface area (Å²) in [4.78, 5) is 11.8. The van der Waals surface area contributed by atoms with Crippen LogP contribution in [0, 0.1) is 0 Å². The largest absolute Gasteiger partial charge is 0.445 e. The molecule has 0 aromatic heterocycles. The lowest BCUT2D eigenvalue weighted by molar-refractivity contribution is 0.137. The Morgan fingerprint density at radius 3 is 2.07 bits per heavy atom. The van der Waals surface area contributed by atoms with E-state index in [9.17, 15) is 9.36 Å². The fraction of sp³-hybridized carbons (Fsp3) is 0.136. The van der Waals surface area contributed by atoms with Gasteiger partial charge in [0.05, 0.1) is 11.9 Å². The van der Waals surface area contributed by atoms with Gasteiger partial charge >= 0.3 is 13.7 Å². The average molecular weight is 411 g/mol. The Morgan fingerprint density at radius 1 is 0.828 bits per heavy atom. The molecule has 0 fully saturated rings. The van der Waals surface area contributed by atoms with Crippen molar-refractivity contribution in [3.63, 3.8) is 0 Å². The van der Waals surface area contributed by atoms with E-state index in [1.54, 1.807) is 48.5 Å². The maximum atomic E-state index is 13.4. The van der Waals surface area contributed by atoms with Crippen LogP contribution in [-0.4, -0.2) is 19.2 Å². The second-order valence-corrected chi connectivity index (χ2v) is 8.01. The Bertz CT molecular complexity index is 935. The first kappa shape index (κ1) is 20.6. The number of hydrogen-bond donors (Lipinski definition) is 1. The third kappa shape index (κ3) is 6.49. The van der Waals surface area contributed by atoms with Crippen molar-refractivity contribution >= 4 is 19.0 Å². The van der Waals surface area contributed by atoms with Crippen LogP contribution in [0.5, 0.6) is 5.75 Å². The van der Waals surface area contributed by atoms with E-state index in [0.717, 1.165) is 5.56 Å². The molecule has 1 amide bonds. The number of para-hydroxylation sites is 1. The zero-order chi connectivity index (χ0) is 20.4. The first-order valence-electron chi connectivity index (χ1n) is 9.15. The Kier molecular flexibility index (Phi) is 7.45. The zero-order valence-corrected chi connectivity index (χ0v) is 16.7. The fourth-order valence-corrected chi connectivity index (χ4v) is 4.05. The van der Waals surface area contributed by atoms with Crippen molar-refractivity contribution in [2.75, 3.05) is 13.2 Å². The molecule has 0 aliphatic heterocycles. The minimum Gasteiger partial charge on any atom is -0.445 e. The number of carbonyl (C=O) groups excluding carboxylic acids is 1. The van der Waals surface area contributed by atoms with Crippen molar-refractivity contribution in [1.82, 2.24) is 5.32 Å². The van der Waals surface area contributed by atoms with Crippen LogP contribution in [0.4, 0.5) is 4.79 Å². The summed E-state index contributed by atoms with van der Waals surface area (Å²) in [5, 5.41) is 3.02. The van der Waals surface area contributed by atoms with E-state index in [1.807, 2.05) is 42.5 Å². The number of amides is 1. The van der Waals surface area contributed by atoms with Crippen LogP contribution in [0.15, 0.2) is 91.0 Å². The number of ether oxygens (including phenoxy) is 1. The highest BCUT2D eigenvalue weighted by Crippen LogP contribution is 2.46. The van der Waals surface area contributed by atoms with Crippen molar-refractivity contribution in [2.24, 2.45) is 0 Å². The van der Waals surface area contributed by atoms with Crippen LogP contribution in [0.2, 0.25) is 0 Å². The van der Waals surface area contributed by atoms with E-state index in [2.05, 4.69) is 5.32 Å². The maximum Gasteiger partial charge on any atom is 0.410 e. The van der Waals surface area contributed by atoms with Crippen LogP contribution < -0.4 is 15.1 Å². The van der Waals surface area contributed by atoms with E-state index >= 15 is 0 Å². The van der Waals surface area contributed by atoms with E-state index in [1.165, 1.54) is 0 Å². The smallest absolute Gasteiger partial charge is 0.410 e. The molecule has 0 heterocycles. The molecule has 1 unspecified atom stereocenters. The van der Waals surface area contributed by atoms with E-state index in [-0.39, 0.29) is 19.8 Å². The summed E-state index contributed by atoms with van der Waals surface area (Å²) in [6.07, 6.45) is -0.573. The summed E-state index contributed by atoms with van der Waals surface area (Å²) >= 11 is 0. The van der Waals surface area contributed by atoms with Gasteiger partial charge in [0.15, 0.2) is 0 Å². The van der Waals surface area contributed by atoms with Gasteiger partial charge in [-0.3, -0.25) is 4.52 Å². The van der Waals surface area contributed by atoms with E-state index < -0.39 is 13.7 Å². The lowest BCUT2D eigenvalue weighted by Crippen LogP contribution is -2.28. The van der Waals surface area contributed by atoms with Gasteiger partial charge in [-0.05, 0) is 29.8 Å². The molecule has 0 aliphatic rings. The molecular weight excluding hydrogens is 389 g/mol. The SMILES string of the molecule is O=C(NCCOP(=O)(Oc1ccccc1)c1ccccc1)OCc1ccccc1. The summed E-state index contributed by atoms with van der Waals surface area (Å²) in [7, 11) is -3.61. The monoisotopic (exact) mass is 411 g/mol. The molecule has 0 saturated heterocycles. The first-order valence-corrected chi connectivity index (χ1v) is 10.7. The minimum atomic E-state index is -3.61. The van der Waals surface area contributed by atoms with Crippen molar-refractivity contribution in [3.8, 4) is 5.75 Å². The maximum absolute atomic E-state index is 13.4. The van der Waals surface area contributed by atoms with Crippen LogP contribution in [0.3, 0.4) is 0 Å². The summed E-state index contributed by atoms with van der Waals surface area (Å²) in [5.74, 6) is 0.440. The average Bonchev–Trinajstić information content (AvgIpc) is 2.77. The molecule has 150 valence electrons. The summed E-state index contributed by atoms with van der Waals surface area (Å²) < 4.78 is 29.8. The van der Waals surface area contributed by atoms with Crippen molar-refractivity contribution < 1.29 is 23.1 Å². The van der Waals surface area contributed by atoms with Crippen LogP contribution in [0.25, 0.3) is 0 Å². The van der Waals surface area contributed by atoms with Gasteiger partial charge in [0.25, 0.3) is 0 Å². The molecule has 29 heavy (non-hydrogen) atoms. The Balaban J connectivity index is 1.52. The molecule has 0 spiro atoms. The minimum absolute atomic E-state index is 0.000553. The van der Waals surface area contributed by atoms with E-state index in [0.29, 0.717) is 11.1 Å². The highest BCUT2D eigenvalue weighted by atomic mass is 31.2. The van der Waals surface area contributed by atoms with Crippen molar-refractivity contribution in [2.45, 2.75) is 6.61 Å². The Morgan fingerprint density at radius 2 is 1.41 bits per heavy atom. The van der Waals surface area contributed by atoms with Gasteiger partial charge in [-0.25, -0.2) is 9.36 Å². The van der Waals surface area contributed by atoms with Gasteiger partial charge in [0.1, 0.15) is 12.4 Å². The third-order valence-electron chi connectivity index (χ3n) is 3.89. The first-order chi connectivity index (χ1) is 14.2. The van der Waals surface area contributed by atoms with Crippen molar-refractivity contribution in [3.05, 3.63) is 96.6 Å². The number of rotatable bonds is 9. The Hall–Kier alpha value is -3.08. The molecule has 0 radical (unpaired) electrons. The number of hydrogen-bond acceptors (Lipinski definition) is 5. The third-order valence-corrected chi connectivity index (χ3v) is 5.79. The molecular formula is C22H22NO5P. The van der Waals surface area contributed by atoms with Gasteiger partial charge < -0.3 is 14.6 Å². The van der Waals surface area contributed by atoms with Crippen LogP contribution >= 0.6 is 7.60 Å². The molecule has 3 aromatic rings. The van der Waals surface area contributed by atoms with Gasteiger partial charge in [0, 0.05) is 6.54 Å². The fourth-order valence-electron chi connectivity index (χ4n) is 2.48. The zero-order valence-electron chi connectivity index (χ0n) is 15.8. The van der Waals surface area contributed by atoms with Crippen LogP contribution in [0.1, 0.15) is 5.56 Å². The molecule has 0 bridgehead atoms.